The lowest BCUT2D eigenvalue weighted by molar-refractivity contribution is -0.124. The molecule has 1 heterocycles. The summed E-state index contributed by atoms with van der Waals surface area (Å²) in [6.45, 7) is 0.123. The molecule has 140 valence electrons. The third kappa shape index (κ3) is 6.81. The molecule has 1 N–H and O–H groups in total. The zero-order valence-electron chi connectivity index (χ0n) is 14.1. The highest BCUT2D eigenvalue weighted by Crippen LogP contribution is 2.16. The van der Waals surface area contributed by atoms with E-state index in [2.05, 4.69) is 11.4 Å². The van der Waals surface area contributed by atoms with Gasteiger partial charge in [-0.15, -0.1) is 11.3 Å². The van der Waals surface area contributed by atoms with Crippen molar-refractivity contribution in [2.45, 2.75) is 10.6 Å². The van der Waals surface area contributed by atoms with Crippen molar-refractivity contribution >= 4 is 44.8 Å². The van der Waals surface area contributed by atoms with Crippen molar-refractivity contribution in [2.75, 3.05) is 25.2 Å². The third-order valence-electron chi connectivity index (χ3n) is 3.25. The Morgan fingerprint density at radius 3 is 2.54 bits per heavy atom. The van der Waals surface area contributed by atoms with E-state index >= 15 is 0 Å². The van der Waals surface area contributed by atoms with E-state index in [0.29, 0.717) is 6.54 Å². The zero-order valence-corrected chi connectivity index (χ0v) is 16.6. The van der Waals surface area contributed by atoms with Crippen LogP contribution in [0.25, 0.3) is 0 Å². The second kappa shape index (κ2) is 9.75. The maximum atomic E-state index is 11.9. The maximum absolute atomic E-state index is 11.9. The molecule has 0 fully saturated rings. The molecule has 0 radical (unpaired) electrons. The van der Waals surface area contributed by atoms with Gasteiger partial charge in [-0.1, -0.05) is 6.07 Å². The lowest BCUT2D eigenvalue weighted by Crippen LogP contribution is -2.30. The highest BCUT2D eigenvalue weighted by Gasteiger charge is 2.12. The van der Waals surface area contributed by atoms with Gasteiger partial charge in [0.15, 0.2) is 16.4 Å². The molecule has 0 aliphatic rings. The predicted molar refractivity (Wildman–Crippen MR) is 103 cm³/mol. The number of ether oxygens (including phenoxy) is 1. The van der Waals surface area contributed by atoms with Crippen LogP contribution >= 0.6 is 23.1 Å². The summed E-state index contributed by atoms with van der Waals surface area (Å²) in [5.41, 5.74) is 0.191. The van der Waals surface area contributed by atoms with E-state index < -0.39 is 15.8 Å². The number of hydrogen-bond acceptors (Lipinski definition) is 7. The Morgan fingerprint density at radius 2 is 1.92 bits per heavy atom. The monoisotopic (exact) mass is 413 g/mol. The largest absolute Gasteiger partial charge is 0.452 e. The average molecular weight is 414 g/mol. The van der Waals surface area contributed by atoms with Gasteiger partial charge in [0, 0.05) is 29.2 Å². The van der Waals surface area contributed by atoms with Crippen LogP contribution < -0.4 is 5.32 Å². The molecule has 26 heavy (non-hydrogen) atoms. The van der Waals surface area contributed by atoms with Crippen molar-refractivity contribution in [1.29, 1.82) is 0 Å². The van der Waals surface area contributed by atoms with Crippen LogP contribution in [0.15, 0.2) is 46.7 Å². The molecule has 0 atom stereocenters. The molecular formula is C17H19NO5S3. The standard InChI is InChI=1S/C17H19NO5S3/c1-26(21,22)15-6-4-13(5-7-15)17(20)23-11-16(19)18-8-10-24-12-14-3-2-9-25-14/h2-7,9H,8,10-12H2,1H3,(H,18,19). The molecule has 1 aromatic heterocycles. The second-order valence-corrected chi connectivity index (χ2v) is 9.51. The lowest BCUT2D eigenvalue weighted by atomic mass is 10.2. The van der Waals surface area contributed by atoms with Crippen LogP contribution in [-0.2, 0) is 25.1 Å². The number of benzene rings is 1. The highest BCUT2D eigenvalue weighted by atomic mass is 32.2. The van der Waals surface area contributed by atoms with Crippen molar-refractivity contribution in [3.63, 3.8) is 0 Å². The van der Waals surface area contributed by atoms with E-state index in [1.807, 2.05) is 11.4 Å². The highest BCUT2D eigenvalue weighted by molar-refractivity contribution is 7.98. The number of esters is 1. The Morgan fingerprint density at radius 1 is 1.19 bits per heavy atom. The number of carbonyl (C=O) groups excluding carboxylic acids is 2. The minimum Gasteiger partial charge on any atom is -0.452 e. The van der Waals surface area contributed by atoms with Gasteiger partial charge >= 0.3 is 5.97 Å². The van der Waals surface area contributed by atoms with Gasteiger partial charge in [0.1, 0.15) is 0 Å². The van der Waals surface area contributed by atoms with E-state index in [4.69, 9.17) is 4.74 Å². The van der Waals surface area contributed by atoms with Crippen LogP contribution in [0.2, 0.25) is 0 Å². The summed E-state index contributed by atoms with van der Waals surface area (Å²) in [7, 11) is -3.32. The van der Waals surface area contributed by atoms with Crippen LogP contribution in [0.4, 0.5) is 0 Å². The SMILES string of the molecule is CS(=O)(=O)c1ccc(C(=O)OCC(=O)NCCSCc2cccs2)cc1. The van der Waals surface area contributed by atoms with E-state index in [-0.39, 0.29) is 23.0 Å². The predicted octanol–water partition coefficient (Wildman–Crippen LogP) is 2.36. The fraction of sp³-hybridized carbons (Fsp3) is 0.294. The number of sulfone groups is 1. The maximum Gasteiger partial charge on any atom is 0.338 e. The quantitative estimate of drug-likeness (QED) is 0.501. The molecule has 0 spiro atoms. The number of hydrogen-bond donors (Lipinski definition) is 1. The van der Waals surface area contributed by atoms with E-state index in [1.54, 1.807) is 23.1 Å². The molecule has 0 aliphatic heterocycles. The summed E-state index contributed by atoms with van der Waals surface area (Å²) >= 11 is 3.42. The number of nitrogens with one attached hydrogen (secondary N) is 1. The molecule has 2 rings (SSSR count). The van der Waals surface area contributed by atoms with Gasteiger partial charge in [-0.3, -0.25) is 4.79 Å². The van der Waals surface area contributed by atoms with Crippen molar-refractivity contribution in [2.24, 2.45) is 0 Å². The first-order valence-corrected chi connectivity index (χ1v) is 11.6. The molecule has 0 unspecified atom stereocenters. The fourth-order valence-electron chi connectivity index (χ4n) is 1.93. The molecule has 0 aliphatic carbocycles. The molecular weight excluding hydrogens is 394 g/mol. The van der Waals surface area contributed by atoms with Crippen LogP contribution in [0, 0.1) is 0 Å². The van der Waals surface area contributed by atoms with E-state index in [0.717, 1.165) is 17.8 Å². The van der Waals surface area contributed by atoms with Gasteiger partial charge in [-0.05, 0) is 35.7 Å². The van der Waals surface area contributed by atoms with Gasteiger partial charge < -0.3 is 10.1 Å². The minimum absolute atomic E-state index is 0.117. The first-order chi connectivity index (χ1) is 12.4. The topological polar surface area (TPSA) is 89.5 Å². The summed E-state index contributed by atoms with van der Waals surface area (Å²) in [5, 5.41) is 4.71. The summed E-state index contributed by atoms with van der Waals surface area (Å²) in [4.78, 5) is 25.0. The van der Waals surface area contributed by atoms with Crippen molar-refractivity contribution < 1.29 is 22.7 Å². The van der Waals surface area contributed by atoms with E-state index in [9.17, 15) is 18.0 Å². The number of carbonyl (C=O) groups is 2. The number of amides is 1. The number of thiophene rings is 1. The molecule has 9 heteroatoms. The summed E-state index contributed by atoms with van der Waals surface area (Å²) in [5.74, 6) is 0.631. The molecule has 6 nitrogen and oxygen atoms in total. The molecule has 1 aromatic carbocycles. The second-order valence-electron chi connectivity index (χ2n) is 5.35. The normalized spacial score (nSPS) is 11.1. The fourth-order valence-corrected chi connectivity index (χ4v) is 4.26. The van der Waals surface area contributed by atoms with Gasteiger partial charge in [0.05, 0.1) is 10.5 Å². The van der Waals surface area contributed by atoms with Crippen LogP contribution in [-0.4, -0.2) is 45.5 Å². The Bertz CT molecular complexity index is 830. The molecule has 0 saturated heterocycles. The Kier molecular flexibility index (Phi) is 7.67. The first kappa shape index (κ1) is 20.5. The average Bonchev–Trinajstić information content (AvgIpc) is 3.12. The summed E-state index contributed by atoms with van der Waals surface area (Å²) in [6.07, 6.45) is 1.09. The van der Waals surface area contributed by atoms with Gasteiger partial charge in [0.25, 0.3) is 5.91 Å². The zero-order chi connectivity index (χ0) is 19.0. The Hall–Kier alpha value is -1.84. The first-order valence-electron chi connectivity index (χ1n) is 7.70. The summed E-state index contributed by atoms with van der Waals surface area (Å²) in [6, 6.07) is 9.45. The number of rotatable bonds is 9. The molecule has 0 bridgehead atoms. The minimum atomic E-state index is -3.32. The van der Waals surface area contributed by atoms with Gasteiger partial charge in [-0.2, -0.15) is 11.8 Å². The molecule has 2 aromatic rings. The third-order valence-corrected chi connectivity index (χ3v) is 6.44. The summed E-state index contributed by atoms with van der Waals surface area (Å²) < 4.78 is 27.7. The molecule has 1 amide bonds. The molecule has 0 saturated carbocycles. The van der Waals surface area contributed by atoms with Crippen molar-refractivity contribution in [1.82, 2.24) is 5.32 Å². The smallest absolute Gasteiger partial charge is 0.338 e. The van der Waals surface area contributed by atoms with Crippen LogP contribution in [0.1, 0.15) is 15.2 Å². The van der Waals surface area contributed by atoms with Gasteiger partial charge in [-0.25, -0.2) is 13.2 Å². The lowest BCUT2D eigenvalue weighted by Gasteiger charge is -2.07. The van der Waals surface area contributed by atoms with Crippen molar-refractivity contribution in [3.05, 3.63) is 52.2 Å². The van der Waals surface area contributed by atoms with Crippen molar-refractivity contribution in [3.8, 4) is 0 Å². The van der Waals surface area contributed by atoms with E-state index in [1.165, 1.54) is 29.1 Å². The van der Waals surface area contributed by atoms with Crippen LogP contribution in [0.5, 0.6) is 0 Å². The van der Waals surface area contributed by atoms with Gasteiger partial charge in [0.2, 0.25) is 0 Å². The van der Waals surface area contributed by atoms with Crippen LogP contribution in [0.3, 0.4) is 0 Å². The number of thioether (sulfide) groups is 1. The Labute approximate surface area is 160 Å². The Balaban J connectivity index is 1.65.